The Hall–Kier alpha value is -2.46. The molecule has 0 spiro atoms. The maximum absolute atomic E-state index is 6.88. The SMILES string of the molecule is Clc1cc(C=C2Sc3cccc4c3N2CCC4)c2ccccc2[n+]1CCCc1ccccc1.[Cl-]. The van der Waals surface area contributed by atoms with Gasteiger partial charge in [-0.15, -0.1) is 0 Å². The Morgan fingerprint density at radius 3 is 2.68 bits per heavy atom. The van der Waals surface area contributed by atoms with Crippen LogP contribution in [0.1, 0.15) is 29.5 Å². The van der Waals surface area contributed by atoms with Gasteiger partial charge in [0.1, 0.15) is 0 Å². The van der Waals surface area contributed by atoms with Crippen LogP contribution in [-0.2, 0) is 19.4 Å². The molecule has 0 bridgehead atoms. The van der Waals surface area contributed by atoms with Gasteiger partial charge >= 0.3 is 0 Å². The van der Waals surface area contributed by atoms with Gasteiger partial charge in [0.2, 0.25) is 5.52 Å². The Bertz CT molecular complexity index is 1370. The van der Waals surface area contributed by atoms with Gasteiger partial charge in [0.15, 0.2) is 6.54 Å². The molecule has 3 aromatic carbocycles. The summed E-state index contributed by atoms with van der Waals surface area (Å²) in [5.41, 5.74) is 6.66. The molecule has 4 aromatic rings. The summed E-state index contributed by atoms with van der Waals surface area (Å²) in [7, 11) is 0. The van der Waals surface area contributed by atoms with Gasteiger partial charge in [-0.25, -0.2) is 0 Å². The lowest BCUT2D eigenvalue weighted by atomic mass is 10.0. The molecule has 0 amide bonds. The van der Waals surface area contributed by atoms with Crippen molar-refractivity contribution in [3.63, 3.8) is 0 Å². The molecule has 1 aromatic heterocycles. The van der Waals surface area contributed by atoms with Crippen LogP contribution in [0.4, 0.5) is 5.69 Å². The van der Waals surface area contributed by atoms with Crippen LogP contribution < -0.4 is 21.9 Å². The van der Waals surface area contributed by atoms with E-state index in [0.717, 1.165) is 31.1 Å². The molecule has 0 radical (unpaired) electrons. The van der Waals surface area contributed by atoms with Gasteiger partial charge in [-0.1, -0.05) is 66.4 Å². The van der Waals surface area contributed by atoms with Gasteiger partial charge < -0.3 is 17.3 Å². The van der Waals surface area contributed by atoms with Crippen LogP contribution in [0.25, 0.3) is 17.0 Å². The smallest absolute Gasteiger partial charge is 0.276 e. The number of benzene rings is 3. The van der Waals surface area contributed by atoms with Crippen molar-refractivity contribution in [2.75, 3.05) is 11.4 Å². The lowest BCUT2D eigenvalue weighted by Gasteiger charge is -2.27. The van der Waals surface area contributed by atoms with Crippen LogP contribution >= 0.6 is 23.4 Å². The average Bonchev–Trinajstić information content (AvgIpc) is 3.21. The topological polar surface area (TPSA) is 7.12 Å². The Labute approximate surface area is 216 Å². The first-order chi connectivity index (χ1) is 16.3. The Morgan fingerprint density at radius 1 is 0.971 bits per heavy atom. The zero-order valence-electron chi connectivity index (χ0n) is 18.9. The third kappa shape index (κ3) is 4.33. The quantitative estimate of drug-likeness (QED) is 0.296. The fourth-order valence-corrected chi connectivity index (χ4v) is 6.59. The third-order valence-electron chi connectivity index (χ3n) is 6.67. The summed E-state index contributed by atoms with van der Waals surface area (Å²) < 4.78 is 2.26. The molecular formula is C29H26Cl2N2S. The van der Waals surface area contributed by atoms with Crippen molar-refractivity contribution in [3.05, 3.63) is 106 Å². The summed E-state index contributed by atoms with van der Waals surface area (Å²) in [5.74, 6) is 0. The van der Waals surface area contributed by atoms with Crippen molar-refractivity contribution in [1.29, 1.82) is 0 Å². The van der Waals surface area contributed by atoms with Crippen molar-refractivity contribution in [2.45, 2.75) is 37.1 Å². The molecule has 0 aliphatic carbocycles. The summed E-state index contributed by atoms with van der Waals surface area (Å²) in [6.07, 6.45) is 6.82. The van der Waals surface area contributed by atoms with Crippen molar-refractivity contribution < 1.29 is 17.0 Å². The molecule has 6 rings (SSSR count). The minimum Gasteiger partial charge on any atom is -1.00 e. The van der Waals surface area contributed by atoms with Gasteiger partial charge in [0, 0.05) is 30.0 Å². The normalized spacial score (nSPS) is 15.4. The van der Waals surface area contributed by atoms with E-state index >= 15 is 0 Å². The van der Waals surface area contributed by atoms with E-state index in [1.165, 1.54) is 56.0 Å². The summed E-state index contributed by atoms with van der Waals surface area (Å²) >= 11 is 8.77. The van der Waals surface area contributed by atoms with Crippen LogP contribution in [0.15, 0.2) is 88.8 Å². The predicted octanol–water partition coefficient (Wildman–Crippen LogP) is 4.27. The first-order valence-electron chi connectivity index (χ1n) is 11.7. The first kappa shape index (κ1) is 23.3. The zero-order valence-corrected chi connectivity index (χ0v) is 21.2. The minimum atomic E-state index is 0. The Morgan fingerprint density at radius 2 is 1.79 bits per heavy atom. The molecular weight excluding hydrogens is 479 g/mol. The third-order valence-corrected chi connectivity index (χ3v) is 8.08. The molecule has 0 saturated heterocycles. The molecule has 3 heterocycles. The molecule has 0 N–H and O–H groups in total. The number of hydrogen-bond acceptors (Lipinski definition) is 2. The standard InChI is InChI=1S/C29H26ClN2S.ClH/c30-27-19-23(20-28-32-18-8-13-22-12-6-16-26(33-28)29(22)32)24-14-4-5-15-25(24)31(27)17-7-11-21-9-2-1-3-10-21;/h1-6,9-10,12,14-16,19-20H,7-8,11,13,17-18H2;1H/q+1;/p-1. The predicted molar refractivity (Wildman–Crippen MR) is 140 cm³/mol. The lowest BCUT2D eigenvalue weighted by Crippen LogP contribution is -3.00. The molecule has 0 fully saturated rings. The molecule has 2 aliphatic rings. The number of pyridine rings is 1. The number of fused-ring (bicyclic) bond motifs is 1. The maximum Gasteiger partial charge on any atom is 0.276 e. The van der Waals surface area contributed by atoms with Gasteiger partial charge in [-0.2, -0.15) is 4.57 Å². The van der Waals surface area contributed by atoms with E-state index in [-0.39, 0.29) is 12.4 Å². The monoisotopic (exact) mass is 504 g/mol. The molecule has 34 heavy (non-hydrogen) atoms. The average molecular weight is 506 g/mol. The molecule has 172 valence electrons. The summed E-state index contributed by atoms with van der Waals surface area (Å²) in [6, 6.07) is 28.2. The number of nitrogens with zero attached hydrogens (tertiary/aromatic N) is 2. The first-order valence-corrected chi connectivity index (χ1v) is 12.9. The number of hydrogen-bond donors (Lipinski definition) is 0. The van der Waals surface area contributed by atoms with Crippen LogP contribution in [-0.4, -0.2) is 6.54 Å². The highest BCUT2D eigenvalue weighted by atomic mass is 35.5. The van der Waals surface area contributed by atoms with E-state index in [1.54, 1.807) is 0 Å². The number of halogens is 2. The second-order valence-corrected chi connectivity index (χ2v) is 10.2. The van der Waals surface area contributed by atoms with Crippen LogP contribution in [0.2, 0.25) is 5.15 Å². The number of para-hydroxylation sites is 2. The number of aromatic nitrogens is 1. The molecule has 5 heteroatoms. The number of anilines is 1. The van der Waals surface area contributed by atoms with E-state index < -0.39 is 0 Å². The van der Waals surface area contributed by atoms with Gasteiger partial charge in [0.25, 0.3) is 5.15 Å². The van der Waals surface area contributed by atoms with Crippen molar-refractivity contribution in [3.8, 4) is 0 Å². The largest absolute Gasteiger partial charge is 1.00 e. The number of aryl methyl sites for hydroxylation is 3. The zero-order chi connectivity index (χ0) is 22.2. The Balaban J connectivity index is 0.00000241. The highest BCUT2D eigenvalue weighted by Gasteiger charge is 2.30. The minimum absolute atomic E-state index is 0. The van der Waals surface area contributed by atoms with Crippen molar-refractivity contribution in [2.24, 2.45) is 0 Å². The molecule has 2 nitrogen and oxygen atoms in total. The molecule has 0 atom stereocenters. The number of thioether (sulfide) groups is 1. The van der Waals surface area contributed by atoms with E-state index in [2.05, 4.69) is 94.4 Å². The highest BCUT2D eigenvalue weighted by Crippen LogP contribution is 2.50. The van der Waals surface area contributed by atoms with Crippen molar-refractivity contribution >= 4 is 46.0 Å². The number of rotatable bonds is 5. The van der Waals surface area contributed by atoms with E-state index in [4.69, 9.17) is 11.6 Å². The van der Waals surface area contributed by atoms with E-state index in [0.29, 0.717) is 0 Å². The second-order valence-electron chi connectivity index (χ2n) is 8.78. The van der Waals surface area contributed by atoms with Gasteiger partial charge in [-0.05, 0) is 65.8 Å². The van der Waals surface area contributed by atoms with Crippen LogP contribution in [0.5, 0.6) is 0 Å². The van der Waals surface area contributed by atoms with E-state index in [1.807, 2.05) is 11.8 Å². The summed E-state index contributed by atoms with van der Waals surface area (Å²) in [4.78, 5) is 3.88. The molecule has 0 unspecified atom stereocenters. The summed E-state index contributed by atoms with van der Waals surface area (Å²) in [6.45, 7) is 1.99. The van der Waals surface area contributed by atoms with Crippen LogP contribution in [0, 0.1) is 0 Å². The van der Waals surface area contributed by atoms with Gasteiger partial charge in [0.05, 0.1) is 16.1 Å². The molecule has 0 saturated carbocycles. The van der Waals surface area contributed by atoms with Crippen LogP contribution in [0.3, 0.4) is 0 Å². The Kier molecular flexibility index (Phi) is 6.87. The summed E-state index contributed by atoms with van der Waals surface area (Å²) in [5, 5.41) is 3.36. The van der Waals surface area contributed by atoms with Crippen molar-refractivity contribution in [1.82, 2.24) is 0 Å². The maximum atomic E-state index is 6.88. The molecule has 2 aliphatic heterocycles. The van der Waals surface area contributed by atoms with E-state index in [9.17, 15) is 0 Å². The fourth-order valence-electron chi connectivity index (χ4n) is 5.11. The van der Waals surface area contributed by atoms with Gasteiger partial charge in [-0.3, -0.25) is 0 Å². The lowest BCUT2D eigenvalue weighted by molar-refractivity contribution is -0.669. The highest BCUT2D eigenvalue weighted by molar-refractivity contribution is 8.03. The fraction of sp³-hybridized carbons (Fsp3) is 0.207. The second kappa shape index (κ2) is 10.0.